The van der Waals surface area contributed by atoms with E-state index < -0.39 is 11.4 Å². The molecular formula is C24H25N7O2. The van der Waals surface area contributed by atoms with Gasteiger partial charge >= 0.3 is 0 Å². The van der Waals surface area contributed by atoms with Gasteiger partial charge in [-0.25, -0.2) is 9.99 Å². The van der Waals surface area contributed by atoms with Crippen LogP contribution in [0.2, 0.25) is 0 Å². The number of nitriles is 1. The summed E-state index contributed by atoms with van der Waals surface area (Å²) in [5.74, 6) is 0.106. The minimum atomic E-state index is -0.567. The van der Waals surface area contributed by atoms with E-state index in [1.165, 1.54) is 0 Å². The van der Waals surface area contributed by atoms with Gasteiger partial charge in [-0.15, -0.1) is 0 Å². The normalized spacial score (nSPS) is 14.6. The van der Waals surface area contributed by atoms with E-state index in [-0.39, 0.29) is 18.9 Å². The third-order valence-corrected chi connectivity index (χ3v) is 6.00. The van der Waals surface area contributed by atoms with Crippen LogP contribution in [0.15, 0.2) is 47.8 Å². The van der Waals surface area contributed by atoms with Gasteiger partial charge in [0, 0.05) is 37.5 Å². The number of nitrogens with zero attached hydrogens (tertiary/aromatic N) is 6. The number of nitrogens with two attached hydrogens (primary N) is 1. The molecule has 0 spiro atoms. The number of primary amides is 1. The van der Waals surface area contributed by atoms with Gasteiger partial charge in [0.05, 0.1) is 17.3 Å². The van der Waals surface area contributed by atoms with Crippen molar-refractivity contribution in [2.24, 2.45) is 10.8 Å². The van der Waals surface area contributed by atoms with Crippen LogP contribution in [0.4, 0.5) is 5.82 Å². The second-order valence-corrected chi connectivity index (χ2v) is 8.33. The van der Waals surface area contributed by atoms with Gasteiger partial charge in [-0.1, -0.05) is 6.07 Å². The van der Waals surface area contributed by atoms with Crippen molar-refractivity contribution >= 4 is 29.4 Å². The lowest BCUT2D eigenvalue weighted by Crippen LogP contribution is -2.40. The molecule has 0 unspecified atom stereocenters. The second kappa shape index (κ2) is 8.39. The zero-order valence-corrected chi connectivity index (χ0v) is 18.8. The fourth-order valence-electron chi connectivity index (χ4n) is 4.22. The van der Waals surface area contributed by atoms with Crippen molar-refractivity contribution in [3.05, 3.63) is 65.1 Å². The maximum absolute atomic E-state index is 12.9. The number of amides is 2. The molecule has 168 valence electrons. The summed E-state index contributed by atoms with van der Waals surface area (Å²) in [6.45, 7) is 6.74. The standard InChI is InChI=1S/C24H25N7O2/c1-4-31(22-20-8-6-17(14-25)29(20)12-10-27-22)28-15-16-5-7-18-19(13-16)24(2,3)30(23(18)33)11-9-21(26)32/h5-8,10,12-13,15H,4,9,11H2,1-3H3,(H2,26,32)/b28-15+. The van der Waals surface area contributed by atoms with Gasteiger partial charge in [0.2, 0.25) is 5.91 Å². The quantitative estimate of drug-likeness (QED) is 0.445. The molecule has 0 aliphatic carbocycles. The summed E-state index contributed by atoms with van der Waals surface area (Å²) in [6.07, 6.45) is 5.24. The molecule has 9 nitrogen and oxygen atoms in total. The van der Waals surface area contributed by atoms with E-state index in [4.69, 9.17) is 5.73 Å². The molecule has 0 atom stereocenters. The van der Waals surface area contributed by atoms with Crippen molar-refractivity contribution in [1.82, 2.24) is 14.3 Å². The lowest BCUT2D eigenvalue weighted by Gasteiger charge is -2.32. The second-order valence-electron chi connectivity index (χ2n) is 8.33. The Morgan fingerprint density at radius 2 is 2.12 bits per heavy atom. The first-order valence-electron chi connectivity index (χ1n) is 10.7. The molecule has 0 fully saturated rings. The first-order chi connectivity index (χ1) is 15.8. The predicted octanol–water partition coefficient (Wildman–Crippen LogP) is 2.63. The average molecular weight is 444 g/mol. The van der Waals surface area contributed by atoms with Gasteiger partial charge in [-0.2, -0.15) is 10.4 Å². The number of rotatable bonds is 7. The molecule has 4 rings (SSSR count). The molecule has 0 bridgehead atoms. The SMILES string of the molecule is CCN(/N=C/c1ccc2c(c1)C(C)(C)N(CCC(N)=O)C2=O)c1nccn2c(C#N)ccc12. The summed E-state index contributed by atoms with van der Waals surface area (Å²) < 4.78 is 1.78. The third kappa shape index (κ3) is 3.80. The molecule has 3 heterocycles. The Hall–Kier alpha value is -4.19. The highest BCUT2D eigenvalue weighted by atomic mass is 16.2. The third-order valence-electron chi connectivity index (χ3n) is 6.00. The summed E-state index contributed by atoms with van der Waals surface area (Å²) in [4.78, 5) is 30.3. The average Bonchev–Trinajstić information content (AvgIpc) is 3.30. The predicted molar refractivity (Wildman–Crippen MR) is 125 cm³/mol. The van der Waals surface area contributed by atoms with Crippen molar-refractivity contribution in [3.8, 4) is 6.07 Å². The Morgan fingerprint density at radius 3 is 2.82 bits per heavy atom. The topological polar surface area (TPSA) is 120 Å². The smallest absolute Gasteiger partial charge is 0.254 e. The van der Waals surface area contributed by atoms with E-state index in [1.807, 2.05) is 39.0 Å². The van der Waals surface area contributed by atoms with Gasteiger partial charge in [0.25, 0.3) is 5.91 Å². The lowest BCUT2D eigenvalue weighted by molar-refractivity contribution is -0.118. The van der Waals surface area contributed by atoms with Crippen LogP contribution in [0.25, 0.3) is 5.52 Å². The van der Waals surface area contributed by atoms with Gasteiger partial charge < -0.3 is 15.0 Å². The summed E-state index contributed by atoms with van der Waals surface area (Å²) in [6, 6.07) is 11.4. The molecule has 1 aromatic carbocycles. The maximum atomic E-state index is 12.9. The number of anilines is 1. The fourth-order valence-corrected chi connectivity index (χ4v) is 4.22. The number of fused-ring (bicyclic) bond motifs is 2. The molecule has 1 aliphatic heterocycles. The maximum Gasteiger partial charge on any atom is 0.254 e. The number of hydrogen-bond donors (Lipinski definition) is 1. The Morgan fingerprint density at radius 1 is 1.33 bits per heavy atom. The Bertz CT molecular complexity index is 1320. The molecule has 2 aromatic heterocycles. The first kappa shape index (κ1) is 22.0. The fraction of sp³-hybridized carbons (Fsp3) is 0.292. The summed E-state index contributed by atoms with van der Waals surface area (Å²) >= 11 is 0. The van der Waals surface area contributed by atoms with Crippen molar-refractivity contribution < 1.29 is 9.59 Å². The number of carbonyl (C=O) groups is 2. The molecule has 0 saturated heterocycles. The van der Waals surface area contributed by atoms with Crippen LogP contribution in [0.3, 0.4) is 0 Å². The number of benzene rings is 1. The molecular weight excluding hydrogens is 418 g/mol. The van der Waals surface area contributed by atoms with Gasteiger partial charge in [-0.05, 0) is 56.2 Å². The summed E-state index contributed by atoms with van der Waals surface area (Å²) in [7, 11) is 0. The highest BCUT2D eigenvalue weighted by molar-refractivity contribution is 6.01. The lowest BCUT2D eigenvalue weighted by atomic mass is 9.92. The van der Waals surface area contributed by atoms with Crippen molar-refractivity contribution in [2.45, 2.75) is 32.7 Å². The van der Waals surface area contributed by atoms with Crippen molar-refractivity contribution in [1.29, 1.82) is 5.26 Å². The monoisotopic (exact) mass is 443 g/mol. The number of hydrogen-bond acceptors (Lipinski definition) is 6. The van der Waals surface area contributed by atoms with E-state index in [1.54, 1.807) is 45.1 Å². The van der Waals surface area contributed by atoms with Crippen LogP contribution in [-0.2, 0) is 10.3 Å². The van der Waals surface area contributed by atoms with Crippen LogP contribution in [0.1, 0.15) is 54.4 Å². The van der Waals surface area contributed by atoms with E-state index in [9.17, 15) is 14.9 Å². The highest BCUT2D eigenvalue weighted by Crippen LogP contribution is 2.39. The van der Waals surface area contributed by atoms with Gasteiger partial charge in [-0.3, -0.25) is 9.59 Å². The molecule has 2 amide bonds. The molecule has 0 saturated carbocycles. The zero-order chi connectivity index (χ0) is 23.8. The van der Waals surface area contributed by atoms with E-state index in [0.29, 0.717) is 23.6 Å². The molecule has 2 N–H and O–H groups in total. The van der Waals surface area contributed by atoms with Crippen molar-refractivity contribution in [3.63, 3.8) is 0 Å². The largest absolute Gasteiger partial charge is 0.370 e. The summed E-state index contributed by atoms with van der Waals surface area (Å²) in [5.41, 5.74) is 8.38. The molecule has 1 aliphatic rings. The Balaban J connectivity index is 1.64. The first-order valence-corrected chi connectivity index (χ1v) is 10.7. The number of carbonyl (C=O) groups excluding carboxylic acids is 2. The van der Waals surface area contributed by atoms with Crippen LogP contribution < -0.4 is 10.7 Å². The van der Waals surface area contributed by atoms with Crippen LogP contribution in [0, 0.1) is 11.3 Å². The minimum Gasteiger partial charge on any atom is -0.370 e. The van der Waals surface area contributed by atoms with Gasteiger partial charge in [0.15, 0.2) is 5.82 Å². The Labute approximate surface area is 191 Å². The highest BCUT2D eigenvalue weighted by Gasteiger charge is 2.42. The van der Waals surface area contributed by atoms with E-state index in [0.717, 1.165) is 16.6 Å². The van der Waals surface area contributed by atoms with Crippen LogP contribution in [0.5, 0.6) is 0 Å². The molecule has 0 radical (unpaired) electrons. The van der Waals surface area contributed by atoms with Crippen LogP contribution in [-0.4, -0.2) is 45.4 Å². The van der Waals surface area contributed by atoms with E-state index in [2.05, 4.69) is 16.2 Å². The van der Waals surface area contributed by atoms with Gasteiger partial charge in [0.1, 0.15) is 11.8 Å². The summed E-state index contributed by atoms with van der Waals surface area (Å²) in [5, 5.41) is 15.7. The molecule has 33 heavy (non-hydrogen) atoms. The number of aromatic nitrogens is 2. The number of hydrazone groups is 1. The van der Waals surface area contributed by atoms with Crippen molar-refractivity contribution in [2.75, 3.05) is 18.1 Å². The van der Waals surface area contributed by atoms with Crippen LogP contribution >= 0.6 is 0 Å². The zero-order valence-electron chi connectivity index (χ0n) is 18.8. The van der Waals surface area contributed by atoms with E-state index >= 15 is 0 Å². The molecule has 3 aromatic rings. The molecule has 9 heteroatoms. The minimum absolute atomic E-state index is 0.104. The Kier molecular flexibility index (Phi) is 5.60.